The van der Waals surface area contributed by atoms with Gasteiger partial charge in [0.1, 0.15) is 0 Å². The lowest BCUT2D eigenvalue weighted by Gasteiger charge is -2.01. The van der Waals surface area contributed by atoms with Gasteiger partial charge in [0.2, 0.25) is 5.91 Å². The molecule has 0 aliphatic rings. The second kappa shape index (κ2) is 7.44. The number of nitrogens with zero attached hydrogens (tertiary/aromatic N) is 1. The van der Waals surface area contributed by atoms with Crippen molar-refractivity contribution < 1.29 is 4.79 Å². The molecule has 0 atom stereocenters. The molecule has 0 aromatic carbocycles. The van der Waals surface area contributed by atoms with Crippen LogP contribution in [0.15, 0.2) is 30.5 Å². The maximum Gasteiger partial charge on any atom is 0.243 e. The van der Waals surface area contributed by atoms with Gasteiger partial charge in [-0.25, -0.2) is 0 Å². The van der Waals surface area contributed by atoms with Crippen LogP contribution in [0.25, 0.3) is 0 Å². The molecule has 0 aliphatic carbocycles. The first-order chi connectivity index (χ1) is 8.24. The molecule has 92 valence electrons. The van der Waals surface area contributed by atoms with E-state index in [2.05, 4.69) is 15.5 Å². The topological polar surface area (TPSA) is 57.8 Å². The van der Waals surface area contributed by atoms with E-state index in [-0.39, 0.29) is 5.91 Å². The molecule has 0 saturated carbocycles. The van der Waals surface area contributed by atoms with E-state index in [1.807, 2.05) is 32.2 Å². The summed E-state index contributed by atoms with van der Waals surface area (Å²) in [6.45, 7) is 4.60. The average Bonchev–Trinajstić information content (AvgIpc) is 2.71. The average molecular weight is 233 g/mol. The summed E-state index contributed by atoms with van der Waals surface area (Å²) in [5.74, 6) is -0.0491. The third-order valence-electron chi connectivity index (χ3n) is 2.41. The van der Waals surface area contributed by atoms with E-state index < -0.39 is 0 Å². The van der Waals surface area contributed by atoms with Crippen molar-refractivity contribution in [3.8, 4) is 0 Å². The molecule has 1 heterocycles. The molecule has 0 radical (unpaired) electrons. The normalized spacial score (nSPS) is 11.4. The molecule has 4 heteroatoms. The SMILES string of the molecule is CC=CC=CC(=O)NCCCc1cn[nH]c1C. The molecule has 0 unspecified atom stereocenters. The smallest absolute Gasteiger partial charge is 0.243 e. The molecular formula is C13H19N3O. The molecule has 0 bridgehead atoms. The highest BCUT2D eigenvalue weighted by Crippen LogP contribution is 2.04. The Labute approximate surface area is 102 Å². The van der Waals surface area contributed by atoms with Gasteiger partial charge in [-0.05, 0) is 32.3 Å². The minimum absolute atomic E-state index is 0.0491. The van der Waals surface area contributed by atoms with Crippen molar-refractivity contribution >= 4 is 5.91 Å². The van der Waals surface area contributed by atoms with Gasteiger partial charge in [-0.3, -0.25) is 9.89 Å². The lowest BCUT2D eigenvalue weighted by molar-refractivity contribution is -0.116. The molecule has 2 N–H and O–H groups in total. The number of hydrogen-bond donors (Lipinski definition) is 2. The molecule has 17 heavy (non-hydrogen) atoms. The Hall–Kier alpha value is -1.84. The highest BCUT2D eigenvalue weighted by molar-refractivity contribution is 5.87. The van der Waals surface area contributed by atoms with Gasteiger partial charge < -0.3 is 5.32 Å². The summed E-state index contributed by atoms with van der Waals surface area (Å²) < 4.78 is 0. The van der Waals surface area contributed by atoms with E-state index in [1.54, 1.807) is 6.08 Å². The van der Waals surface area contributed by atoms with Gasteiger partial charge in [0.15, 0.2) is 0 Å². The fourth-order valence-electron chi connectivity index (χ4n) is 1.43. The lowest BCUT2D eigenvalue weighted by atomic mass is 10.1. The summed E-state index contributed by atoms with van der Waals surface area (Å²) in [4.78, 5) is 11.3. The van der Waals surface area contributed by atoms with E-state index in [9.17, 15) is 4.79 Å². The molecule has 4 nitrogen and oxygen atoms in total. The van der Waals surface area contributed by atoms with Crippen LogP contribution < -0.4 is 5.32 Å². The molecule has 0 fully saturated rings. The molecule has 1 aromatic heterocycles. The second-order valence-corrected chi connectivity index (χ2v) is 3.80. The number of carbonyl (C=O) groups excluding carboxylic acids is 1. The van der Waals surface area contributed by atoms with Crippen molar-refractivity contribution in [3.05, 3.63) is 41.8 Å². The first-order valence-electron chi connectivity index (χ1n) is 5.80. The Balaban J connectivity index is 2.16. The van der Waals surface area contributed by atoms with E-state index in [1.165, 1.54) is 11.6 Å². The number of aryl methyl sites for hydroxylation is 2. The summed E-state index contributed by atoms with van der Waals surface area (Å²) in [5.41, 5.74) is 2.31. The van der Waals surface area contributed by atoms with Crippen molar-refractivity contribution in [2.45, 2.75) is 26.7 Å². The maximum absolute atomic E-state index is 11.3. The number of amides is 1. The number of hydrogen-bond acceptors (Lipinski definition) is 2. The van der Waals surface area contributed by atoms with Gasteiger partial charge >= 0.3 is 0 Å². The second-order valence-electron chi connectivity index (χ2n) is 3.80. The lowest BCUT2D eigenvalue weighted by Crippen LogP contribution is -2.22. The van der Waals surface area contributed by atoms with Crippen molar-refractivity contribution in [2.75, 3.05) is 6.54 Å². The third-order valence-corrected chi connectivity index (χ3v) is 2.41. The highest BCUT2D eigenvalue weighted by Gasteiger charge is 2.00. The van der Waals surface area contributed by atoms with Crippen LogP contribution in [0.5, 0.6) is 0 Å². The number of nitrogens with one attached hydrogen (secondary N) is 2. The highest BCUT2D eigenvalue weighted by atomic mass is 16.1. The van der Waals surface area contributed by atoms with Gasteiger partial charge in [-0.15, -0.1) is 0 Å². The van der Waals surface area contributed by atoms with E-state index >= 15 is 0 Å². The van der Waals surface area contributed by atoms with Gasteiger partial charge in [-0.1, -0.05) is 18.2 Å². The minimum atomic E-state index is -0.0491. The van der Waals surface area contributed by atoms with Gasteiger partial charge in [-0.2, -0.15) is 5.10 Å². The third kappa shape index (κ3) is 5.15. The van der Waals surface area contributed by atoms with Crippen LogP contribution in [0.1, 0.15) is 24.6 Å². The van der Waals surface area contributed by atoms with Crippen LogP contribution in [0.4, 0.5) is 0 Å². The van der Waals surface area contributed by atoms with Crippen molar-refractivity contribution in [2.24, 2.45) is 0 Å². The first kappa shape index (κ1) is 13.2. The quantitative estimate of drug-likeness (QED) is 0.448. The zero-order valence-electron chi connectivity index (χ0n) is 10.4. The molecule has 1 rings (SSSR count). The zero-order valence-corrected chi connectivity index (χ0v) is 10.4. The Bertz CT molecular complexity index is 405. The van der Waals surface area contributed by atoms with Crippen LogP contribution in [-0.4, -0.2) is 22.6 Å². The number of aromatic nitrogens is 2. The fourth-order valence-corrected chi connectivity index (χ4v) is 1.43. The van der Waals surface area contributed by atoms with E-state index in [0.717, 1.165) is 18.5 Å². The summed E-state index contributed by atoms with van der Waals surface area (Å²) in [6, 6.07) is 0. The Kier molecular flexibility index (Phi) is 5.79. The van der Waals surface area contributed by atoms with Crippen molar-refractivity contribution in [1.29, 1.82) is 0 Å². The van der Waals surface area contributed by atoms with Crippen molar-refractivity contribution in [1.82, 2.24) is 15.5 Å². The van der Waals surface area contributed by atoms with Crippen molar-refractivity contribution in [3.63, 3.8) is 0 Å². The first-order valence-corrected chi connectivity index (χ1v) is 5.80. The molecule has 0 spiro atoms. The fraction of sp³-hybridized carbons (Fsp3) is 0.385. The van der Waals surface area contributed by atoms with Crippen LogP contribution in [0.2, 0.25) is 0 Å². The maximum atomic E-state index is 11.3. The number of aromatic amines is 1. The van der Waals surface area contributed by atoms with Gasteiger partial charge in [0.05, 0.1) is 6.20 Å². The van der Waals surface area contributed by atoms with Crippen LogP contribution in [0.3, 0.4) is 0 Å². The predicted molar refractivity (Wildman–Crippen MR) is 68.6 cm³/mol. The summed E-state index contributed by atoms with van der Waals surface area (Å²) in [5, 5.41) is 9.68. The van der Waals surface area contributed by atoms with Gasteiger partial charge in [0.25, 0.3) is 0 Å². The zero-order chi connectivity index (χ0) is 12.5. The van der Waals surface area contributed by atoms with E-state index in [4.69, 9.17) is 0 Å². The standard InChI is InChI=1S/C13H19N3O/c1-3-4-5-8-13(17)14-9-6-7-12-10-15-16-11(12)2/h3-5,8,10H,6-7,9H2,1-2H3,(H,14,17)(H,15,16). The molecule has 1 amide bonds. The summed E-state index contributed by atoms with van der Waals surface area (Å²) >= 11 is 0. The number of H-pyrrole nitrogens is 1. The number of rotatable bonds is 6. The van der Waals surface area contributed by atoms with Crippen LogP contribution in [0, 0.1) is 6.92 Å². The monoisotopic (exact) mass is 233 g/mol. The van der Waals surface area contributed by atoms with Gasteiger partial charge in [0, 0.05) is 18.3 Å². The molecule has 0 saturated heterocycles. The number of carbonyl (C=O) groups is 1. The van der Waals surface area contributed by atoms with E-state index in [0.29, 0.717) is 6.54 Å². The summed E-state index contributed by atoms with van der Waals surface area (Å²) in [6.07, 6.45) is 10.7. The Morgan fingerprint density at radius 1 is 1.53 bits per heavy atom. The summed E-state index contributed by atoms with van der Waals surface area (Å²) in [7, 11) is 0. The molecule has 0 aliphatic heterocycles. The van der Waals surface area contributed by atoms with Crippen LogP contribution in [-0.2, 0) is 11.2 Å². The Morgan fingerprint density at radius 2 is 2.35 bits per heavy atom. The minimum Gasteiger partial charge on any atom is -0.353 e. The Morgan fingerprint density at radius 3 is 3.00 bits per heavy atom. The van der Waals surface area contributed by atoms with Crippen LogP contribution >= 0.6 is 0 Å². The molecule has 1 aromatic rings. The predicted octanol–water partition coefficient (Wildman–Crippen LogP) is 1.90. The molecular weight excluding hydrogens is 214 g/mol. The largest absolute Gasteiger partial charge is 0.353 e. The number of allylic oxidation sites excluding steroid dienone is 3.